The Bertz CT molecular complexity index is 955. The zero-order chi connectivity index (χ0) is 19.3. The summed E-state index contributed by atoms with van der Waals surface area (Å²) in [5.74, 6) is 1.75. The molecule has 144 valence electrons. The van der Waals surface area contributed by atoms with Gasteiger partial charge in [-0.05, 0) is 49.1 Å². The van der Waals surface area contributed by atoms with E-state index in [0.717, 1.165) is 30.8 Å². The van der Waals surface area contributed by atoms with Gasteiger partial charge in [-0.3, -0.25) is 9.78 Å². The first kappa shape index (κ1) is 18.2. The van der Waals surface area contributed by atoms with Crippen LogP contribution in [-0.4, -0.2) is 27.6 Å². The molecule has 1 atom stereocenters. The van der Waals surface area contributed by atoms with Gasteiger partial charge in [-0.1, -0.05) is 23.4 Å². The second kappa shape index (κ2) is 8.21. The fraction of sp³-hybridized carbons (Fsp3) is 0.333. The second-order valence-electron chi connectivity index (χ2n) is 6.84. The van der Waals surface area contributed by atoms with Crippen molar-refractivity contribution in [3.63, 3.8) is 0 Å². The SMILES string of the molecule is CC(NC(=O)CCc1nc(-c2ccccn2)no1)c1ccc2c(c1)CCCO2. The average Bonchev–Trinajstić information content (AvgIpc) is 3.22. The third-order valence-corrected chi connectivity index (χ3v) is 4.74. The second-order valence-corrected chi connectivity index (χ2v) is 6.84. The van der Waals surface area contributed by atoms with E-state index in [1.54, 1.807) is 6.20 Å². The van der Waals surface area contributed by atoms with Crippen molar-refractivity contribution in [3.05, 3.63) is 59.6 Å². The van der Waals surface area contributed by atoms with Gasteiger partial charge in [0.2, 0.25) is 17.6 Å². The molecule has 0 radical (unpaired) electrons. The van der Waals surface area contributed by atoms with Crippen molar-refractivity contribution in [2.75, 3.05) is 6.61 Å². The number of ether oxygens (including phenoxy) is 1. The Hall–Kier alpha value is -3.22. The number of carbonyl (C=O) groups excluding carboxylic acids is 1. The summed E-state index contributed by atoms with van der Waals surface area (Å²) in [5.41, 5.74) is 2.93. The minimum absolute atomic E-state index is 0.0564. The van der Waals surface area contributed by atoms with Crippen LogP contribution in [-0.2, 0) is 17.6 Å². The summed E-state index contributed by atoms with van der Waals surface area (Å²) in [6.07, 6.45) is 4.38. The van der Waals surface area contributed by atoms with Crippen LogP contribution in [0.25, 0.3) is 11.5 Å². The molecule has 1 N–H and O–H groups in total. The highest BCUT2D eigenvalue weighted by atomic mass is 16.5. The number of nitrogens with one attached hydrogen (secondary N) is 1. The standard InChI is InChI=1S/C21H22N4O3/c1-14(15-7-8-18-16(13-15)5-4-12-27-18)23-19(26)9-10-20-24-21(25-28-20)17-6-2-3-11-22-17/h2-3,6-8,11,13-14H,4-5,9-10,12H2,1H3,(H,23,26). The summed E-state index contributed by atoms with van der Waals surface area (Å²) in [6.45, 7) is 2.76. The average molecular weight is 378 g/mol. The van der Waals surface area contributed by atoms with E-state index >= 15 is 0 Å². The molecular weight excluding hydrogens is 356 g/mol. The summed E-state index contributed by atoms with van der Waals surface area (Å²) in [5, 5.41) is 6.95. The Kier molecular flexibility index (Phi) is 5.32. The molecule has 0 spiro atoms. The van der Waals surface area contributed by atoms with Crippen molar-refractivity contribution in [1.82, 2.24) is 20.4 Å². The highest BCUT2D eigenvalue weighted by Crippen LogP contribution is 2.27. The van der Waals surface area contributed by atoms with Crippen LogP contribution < -0.4 is 10.1 Å². The zero-order valence-corrected chi connectivity index (χ0v) is 15.7. The van der Waals surface area contributed by atoms with Gasteiger partial charge >= 0.3 is 0 Å². The van der Waals surface area contributed by atoms with E-state index in [4.69, 9.17) is 9.26 Å². The number of amides is 1. The molecule has 4 rings (SSSR count). The molecule has 1 aliphatic rings. The highest BCUT2D eigenvalue weighted by molar-refractivity contribution is 5.76. The van der Waals surface area contributed by atoms with E-state index < -0.39 is 0 Å². The van der Waals surface area contributed by atoms with Crippen molar-refractivity contribution >= 4 is 5.91 Å². The molecule has 1 amide bonds. The number of pyridine rings is 1. The first-order valence-electron chi connectivity index (χ1n) is 9.48. The normalized spacial score (nSPS) is 14.0. The molecule has 0 saturated carbocycles. The third-order valence-electron chi connectivity index (χ3n) is 4.74. The van der Waals surface area contributed by atoms with Crippen LogP contribution in [0, 0.1) is 0 Å². The number of benzene rings is 1. The summed E-state index contributed by atoms with van der Waals surface area (Å²) in [6, 6.07) is 11.5. The molecule has 1 aromatic carbocycles. The highest BCUT2D eigenvalue weighted by Gasteiger charge is 2.16. The summed E-state index contributed by atoms with van der Waals surface area (Å²) in [4.78, 5) is 20.8. The maximum absolute atomic E-state index is 12.3. The number of fused-ring (bicyclic) bond motifs is 1. The minimum atomic E-state index is -0.0773. The molecule has 0 fully saturated rings. The maximum atomic E-state index is 12.3. The summed E-state index contributed by atoms with van der Waals surface area (Å²) >= 11 is 0. The summed E-state index contributed by atoms with van der Waals surface area (Å²) < 4.78 is 10.9. The number of nitrogens with zero attached hydrogens (tertiary/aromatic N) is 3. The van der Waals surface area contributed by atoms with Gasteiger partial charge in [-0.15, -0.1) is 0 Å². The topological polar surface area (TPSA) is 90.1 Å². The predicted molar refractivity (Wildman–Crippen MR) is 103 cm³/mol. The van der Waals surface area contributed by atoms with Gasteiger partial charge in [0.15, 0.2) is 0 Å². The molecule has 3 aromatic rings. The number of hydrogen-bond acceptors (Lipinski definition) is 6. The van der Waals surface area contributed by atoms with Crippen molar-refractivity contribution in [2.45, 2.75) is 38.6 Å². The third kappa shape index (κ3) is 4.19. The number of carbonyl (C=O) groups is 1. The Morgan fingerprint density at radius 3 is 3.07 bits per heavy atom. The molecule has 2 aromatic heterocycles. The quantitative estimate of drug-likeness (QED) is 0.708. The number of aryl methyl sites for hydroxylation is 2. The molecule has 0 bridgehead atoms. The Balaban J connectivity index is 1.31. The van der Waals surface area contributed by atoms with Gasteiger partial charge in [0, 0.05) is 19.0 Å². The van der Waals surface area contributed by atoms with Gasteiger partial charge in [0.25, 0.3) is 0 Å². The summed E-state index contributed by atoms with van der Waals surface area (Å²) in [7, 11) is 0. The number of rotatable bonds is 6. The maximum Gasteiger partial charge on any atom is 0.227 e. The molecule has 1 aliphatic heterocycles. The lowest BCUT2D eigenvalue weighted by molar-refractivity contribution is -0.121. The molecule has 0 saturated heterocycles. The van der Waals surface area contributed by atoms with E-state index in [1.165, 1.54) is 5.56 Å². The van der Waals surface area contributed by atoms with Crippen molar-refractivity contribution < 1.29 is 14.1 Å². The Labute approximate surface area is 163 Å². The molecule has 28 heavy (non-hydrogen) atoms. The van der Waals surface area contributed by atoms with Gasteiger partial charge in [0.1, 0.15) is 11.4 Å². The lowest BCUT2D eigenvalue weighted by atomic mass is 10.00. The zero-order valence-electron chi connectivity index (χ0n) is 15.7. The van der Waals surface area contributed by atoms with E-state index in [-0.39, 0.29) is 18.4 Å². The largest absolute Gasteiger partial charge is 0.493 e. The molecule has 7 heteroatoms. The predicted octanol–water partition coefficient (Wildman–Crippen LogP) is 3.27. The van der Waals surface area contributed by atoms with Gasteiger partial charge < -0.3 is 14.6 Å². The van der Waals surface area contributed by atoms with Crippen LogP contribution in [0.4, 0.5) is 0 Å². The van der Waals surface area contributed by atoms with E-state index in [0.29, 0.717) is 23.8 Å². The van der Waals surface area contributed by atoms with Crippen LogP contribution >= 0.6 is 0 Å². The molecular formula is C21H22N4O3. The van der Waals surface area contributed by atoms with Crippen LogP contribution in [0.1, 0.15) is 42.8 Å². The van der Waals surface area contributed by atoms with Crippen molar-refractivity contribution in [1.29, 1.82) is 0 Å². The first-order chi connectivity index (χ1) is 13.7. The van der Waals surface area contributed by atoms with Crippen LogP contribution in [0.2, 0.25) is 0 Å². The van der Waals surface area contributed by atoms with Crippen LogP contribution in [0.3, 0.4) is 0 Å². The monoisotopic (exact) mass is 378 g/mol. The van der Waals surface area contributed by atoms with E-state index in [2.05, 4.69) is 26.5 Å². The van der Waals surface area contributed by atoms with Crippen molar-refractivity contribution in [3.8, 4) is 17.3 Å². The molecule has 1 unspecified atom stereocenters. The van der Waals surface area contributed by atoms with Crippen LogP contribution in [0.5, 0.6) is 5.75 Å². The molecule has 3 heterocycles. The van der Waals surface area contributed by atoms with E-state index in [1.807, 2.05) is 37.3 Å². The van der Waals surface area contributed by atoms with E-state index in [9.17, 15) is 4.79 Å². The lowest BCUT2D eigenvalue weighted by Gasteiger charge is -2.20. The fourth-order valence-electron chi connectivity index (χ4n) is 3.22. The smallest absolute Gasteiger partial charge is 0.227 e. The first-order valence-corrected chi connectivity index (χ1v) is 9.48. The van der Waals surface area contributed by atoms with Crippen molar-refractivity contribution in [2.24, 2.45) is 0 Å². The van der Waals surface area contributed by atoms with Crippen LogP contribution in [0.15, 0.2) is 47.1 Å². The Morgan fingerprint density at radius 1 is 1.29 bits per heavy atom. The molecule has 0 aliphatic carbocycles. The minimum Gasteiger partial charge on any atom is -0.493 e. The molecule has 7 nitrogen and oxygen atoms in total. The fourth-order valence-corrected chi connectivity index (χ4v) is 3.22. The Morgan fingerprint density at radius 2 is 2.21 bits per heavy atom. The number of aromatic nitrogens is 3. The number of hydrogen-bond donors (Lipinski definition) is 1. The van der Waals surface area contributed by atoms with Gasteiger partial charge in [-0.25, -0.2) is 0 Å². The van der Waals surface area contributed by atoms with Gasteiger partial charge in [-0.2, -0.15) is 4.98 Å². The lowest BCUT2D eigenvalue weighted by Crippen LogP contribution is -2.27. The van der Waals surface area contributed by atoms with Gasteiger partial charge in [0.05, 0.1) is 12.6 Å².